The Labute approximate surface area is 117 Å². The average Bonchev–Trinajstić information content (AvgIpc) is 2.75. The molecule has 0 saturated carbocycles. The van der Waals surface area contributed by atoms with Crippen molar-refractivity contribution in [2.24, 2.45) is 0 Å². The SMILES string of the molecule is CN(C(=O)c1ccc2cccccc1-2)c1cccnn1. The Kier molecular flexibility index (Phi) is 3.13. The number of rotatable bonds is 2. The highest BCUT2D eigenvalue weighted by Crippen LogP contribution is 2.28. The molecule has 1 amide bonds. The van der Waals surface area contributed by atoms with Crippen LogP contribution in [0.5, 0.6) is 0 Å². The maximum atomic E-state index is 12.6. The van der Waals surface area contributed by atoms with E-state index in [0.717, 1.165) is 11.1 Å². The summed E-state index contributed by atoms with van der Waals surface area (Å²) in [5.74, 6) is 0.443. The third-order valence-corrected chi connectivity index (χ3v) is 3.23. The Balaban J connectivity index is 1.99. The molecule has 0 spiro atoms. The smallest absolute Gasteiger partial charge is 0.259 e. The fourth-order valence-electron chi connectivity index (χ4n) is 2.16. The van der Waals surface area contributed by atoms with Crippen LogP contribution in [0.4, 0.5) is 5.82 Å². The summed E-state index contributed by atoms with van der Waals surface area (Å²) in [6, 6.07) is 17.1. The predicted octanol–water partition coefficient (Wildman–Crippen LogP) is 2.86. The fourth-order valence-corrected chi connectivity index (χ4v) is 2.16. The number of anilines is 1. The van der Waals surface area contributed by atoms with Gasteiger partial charge in [0.15, 0.2) is 5.82 Å². The molecule has 3 rings (SSSR count). The second-order valence-corrected chi connectivity index (χ2v) is 4.47. The fraction of sp³-hybridized carbons (Fsp3) is 0.0625. The van der Waals surface area contributed by atoms with E-state index < -0.39 is 0 Å². The van der Waals surface area contributed by atoms with Gasteiger partial charge in [0.2, 0.25) is 0 Å². The van der Waals surface area contributed by atoms with Crippen molar-refractivity contribution in [2.75, 3.05) is 11.9 Å². The second kappa shape index (κ2) is 5.09. The predicted molar refractivity (Wildman–Crippen MR) is 77.8 cm³/mol. The van der Waals surface area contributed by atoms with E-state index in [4.69, 9.17) is 0 Å². The number of carbonyl (C=O) groups is 1. The molecule has 2 aliphatic rings. The Hall–Kier alpha value is -2.75. The number of fused-ring (bicyclic) bond motifs is 1. The Bertz CT molecular complexity index is 712. The molecular formula is C16H13N3O. The Morgan fingerprint density at radius 3 is 2.65 bits per heavy atom. The van der Waals surface area contributed by atoms with Crippen LogP contribution in [0.1, 0.15) is 10.4 Å². The van der Waals surface area contributed by atoms with Crippen LogP contribution in [0.2, 0.25) is 0 Å². The normalized spacial score (nSPS) is 10.4. The van der Waals surface area contributed by atoms with Crippen molar-refractivity contribution in [3.05, 3.63) is 66.4 Å². The minimum Gasteiger partial charge on any atom is -0.294 e. The molecule has 0 aliphatic heterocycles. The van der Waals surface area contributed by atoms with Crippen LogP contribution >= 0.6 is 0 Å². The molecule has 0 fully saturated rings. The third-order valence-electron chi connectivity index (χ3n) is 3.23. The average molecular weight is 263 g/mol. The summed E-state index contributed by atoms with van der Waals surface area (Å²) < 4.78 is 0. The van der Waals surface area contributed by atoms with Crippen molar-refractivity contribution in [3.63, 3.8) is 0 Å². The van der Waals surface area contributed by atoms with E-state index in [1.54, 1.807) is 25.4 Å². The molecule has 4 nitrogen and oxygen atoms in total. The lowest BCUT2D eigenvalue weighted by molar-refractivity contribution is 0.0993. The van der Waals surface area contributed by atoms with Crippen LogP contribution in [0.15, 0.2) is 60.8 Å². The molecule has 0 N–H and O–H groups in total. The molecule has 1 aromatic rings. The van der Waals surface area contributed by atoms with E-state index in [0.29, 0.717) is 11.4 Å². The summed E-state index contributed by atoms with van der Waals surface area (Å²) in [6.07, 6.45) is 1.58. The van der Waals surface area contributed by atoms with Crippen molar-refractivity contribution in [1.82, 2.24) is 10.2 Å². The molecule has 0 unspecified atom stereocenters. The van der Waals surface area contributed by atoms with Crippen molar-refractivity contribution >= 4 is 11.7 Å². The maximum absolute atomic E-state index is 12.6. The number of hydrogen-bond donors (Lipinski definition) is 0. The zero-order valence-corrected chi connectivity index (χ0v) is 11.0. The van der Waals surface area contributed by atoms with Gasteiger partial charge in [0.25, 0.3) is 5.91 Å². The van der Waals surface area contributed by atoms with Crippen molar-refractivity contribution in [1.29, 1.82) is 0 Å². The summed E-state index contributed by atoms with van der Waals surface area (Å²) in [6.45, 7) is 0. The van der Waals surface area contributed by atoms with Gasteiger partial charge in [-0.25, -0.2) is 0 Å². The Morgan fingerprint density at radius 2 is 1.85 bits per heavy atom. The van der Waals surface area contributed by atoms with Gasteiger partial charge in [0.1, 0.15) is 0 Å². The number of carbonyl (C=O) groups excluding carboxylic acids is 1. The topological polar surface area (TPSA) is 46.1 Å². The maximum Gasteiger partial charge on any atom is 0.259 e. The standard InChI is InChI=1S/C16H13N3O/c1-19(15-8-5-11-17-18-15)16(20)14-10-9-12-6-3-2-4-7-13(12)14/h2-11H,1H3. The first-order valence-electron chi connectivity index (χ1n) is 6.31. The molecule has 20 heavy (non-hydrogen) atoms. The van der Waals surface area contributed by atoms with E-state index in [1.807, 2.05) is 42.5 Å². The lowest BCUT2D eigenvalue weighted by Crippen LogP contribution is -2.27. The van der Waals surface area contributed by atoms with Gasteiger partial charge in [-0.05, 0) is 29.3 Å². The van der Waals surface area contributed by atoms with Crippen LogP contribution in [0, 0.1) is 0 Å². The largest absolute Gasteiger partial charge is 0.294 e. The molecule has 0 saturated heterocycles. The van der Waals surface area contributed by atoms with Gasteiger partial charge in [-0.1, -0.05) is 36.4 Å². The van der Waals surface area contributed by atoms with E-state index in [9.17, 15) is 4.79 Å². The first-order valence-corrected chi connectivity index (χ1v) is 6.31. The Morgan fingerprint density at radius 1 is 1.00 bits per heavy atom. The molecule has 4 heteroatoms. The number of aromatic nitrogens is 2. The summed E-state index contributed by atoms with van der Waals surface area (Å²) in [5.41, 5.74) is 2.66. The minimum atomic E-state index is -0.0910. The van der Waals surface area contributed by atoms with Gasteiger partial charge in [0.05, 0.1) is 0 Å². The molecule has 0 aromatic carbocycles. The van der Waals surface area contributed by atoms with Gasteiger partial charge < -0.3 is 0 Å². The molecule has 98 valence electrons. The molecule has 0 radical (unpaired) electrons. The summed E-state index contributed by atoms with van der Waals surface area (Å²) in [5, 5.41) is 7.76. The summed E-state index contributed by atoms with van der Waals surface area (Å²) in [7, 11) is 1.70. The number of amides is 1. The molecular weight excluding hydrogens is 250 g/mol. The summed E-state index contributed by atoms with van der Waals surface area (Å²) in [4.78, 5) is 14.1. The van der Waals surface area contributed by atoms with Crippen molar-refractivity contribution in [2.45, 2.75) is 0 Å². The van der Waals surface area contributed by atoms with Crippen molar-refractivity contribution in [3.8, 4) is 11.1 Å². The first-order chi connectivity index (χ1) is 9.77. The second-order valence-electron chi connectivity index (χ2n) is 4.47. The number of hydrogen-bond acceptors (Lipinski definition) is 3. The molecule has 0 bridgehead atoms. The third kappa shape index (κ3) is 2.12. The quantitative estimate of drug-likeness (QED) is 0.714. The van der Waals surface area contributed by atoms with E-state index in [-0.39, 0.29) is 5.91 Å². The van der Waals surface area contributed by atoms with Gasteiger partial charge in [0, 0.05) is 18.8 Å². The lowest BCUT2D eigenvalue weighted by atomic mass is 10.1. The van der Waals surface area contributed by atoms with Crippen LogP contribution < -0.4 is 4.90 Å². The molecule has 1 heterocycles. The van der Waals surface area contributed by atoms with Crippen LogP contribution in [-0.2, 0) is 0 Å². The highest BCUT2D eigenvalue weighted by Gasteiger charge is 2.20. The zero-order chi connectivity index (χ0) is 13.9. The van der Waals surface area contributed by atoms with E-state index >= 15 is 0 Å². The van der Waals surface area contributed by atoms with Crippen molar-refractivity contribution < 1.29 is 4.79 Å². The molecule has 0 atom stereocenters. The highest BCUT2D eigenvalue weighted by atomic mass is 16.2. The first kappa shape index (κ1) is 12.3. The minimum absolute atomic E-state index is 0.0910. The van der Waals surface area contributed by atoms with Crippen LogP contribution in [0.3, 0.4) is 0 Å². The van der Waals surface area contributed by atoms with Gasteiger partial charge in [-0.3, -0.25) is 9.69 Å². The van der Waals surface area contributed by atoms with Crippen LogP contribution in [-0.4, -0.2) is 23.2 Å². The monoisotopic (exact) mass is 263 g/mol. The van der Waals surface area contributed by atoms with E-state index in [1.165, 1.54) is 4.90 Å². The molecule has 2 aliphatic carbocycles. The van der Waals surface area contributed by atoms with E-state index in [2.05, 4.69) is 10.2 Å². The van der Waals surface area contributed by atoms with Gasteiger partial charge >= 0.3 is 0 Å². The molecule has 1 aromatic heterocycles. The van der Waals surface area contributed by atoms with Crippen LogP contribution in [0.25, 0.3) is 11.1 Å². The zero-order valence-electron chi connectivity index (χ0n) is 11.0. The van der Waals surface area contributed by atoms with Gasteiger partial charge in [-0.15, -0.1) is 5.10 Å². The highest BCUT2D eigenvalue weighted by molar-refractivity contribution is 6.10. The number of nitrogens with zero attached hydrogens (tertiary/aromatic N) is 3. The lowest BCUT2D eigenvalue weighted by Gasteiger charge is -2.15. The summed E-state index contributed by atoms with van der Waals surface area (Å²) >= 11 is 0. The van der Waals surface area contributed by atoms with Gasteiger partial charge in [-0.2, -0.15) is 5.10 Å².